The van der Waals surface area contributed by atoms with Crippen LogP contribution in [0.1, 0.15) is 39.9 Å². The van der Waals surface area contributed by atoms with E-state index in [4.69, 9.17) is 16.3 Å². The van der Waals surface area contributed by atoms with Crippen LogP contribution in [0.4, 0.5) is 0 Å². The second-order valence-electron chi connectivity index (χ2n) is 6.66. The molecule has 0 spiro atoms. The first-order valence-corrected chi connectivity index (χ1v) is 8.71. The van der Waals surface area contributed by atoms with Crippen LogP contribution < -0.4 is 4.74 Å². The second-order valence-corrected chi connectivity index (χ2v) is 7.39. The van der Waals surface area contributed by atoms with E-state index in [0.717, 1.165) is 48.2 Å². The third-order valence-electron chi connectivity index (χ3n) is 5.01. The van der Waals surface area contributed by atoms with Crippen LogP contribution in [0, 0.1) is 0 Å². The van der Waals surface area contributed by atoms with Gasteiger partial charge in [0.25, 0.3) is 5.91 Å². The Kier molecular flexibility index (Phi) is 3.76. The second kappa shape index (κ2) is 5.82. The number of halogens is 1. The number of ether oxygens (including phenoxy) is 1. The summed E-state index contributed by atoms with van der Waals surface area (Å²) >= 11 is 6.50. The van der Waals surface area contributed by atoms with Gasteiger partial charge in [-0.25, -0.2) is 0 Å². The molecule has 0 unspecified atom stereocenters. The third kappa shape index (κ3) is 2.78. The molecule has 1 aliphatic carbocycles. The normalized spacial score (nSPS) is 18.2. The minimum absolute atomic E-state index is 0.109. The zero-order valence-corrected chi connectivity index (χ0v) is 14.5. The largest absolute Gasteiger partial charge is 0.497 e. The molecule has 24 heavy (non-hydrogen) atoms. The summed E-state index contributed by atoms with van der Waals surface area (Å²) in [5, 5.41) is 0. The van der Waals surface area contributed by atoms with E-state index < -0.39 is 0 Å². The molecule has 0 saturated heterocycles. The molecule has 1 aliphatic heterocycles. The van der Waals surface area contributed by atoms with Crippen LogP contribution in [0.5, 0.6) is 5.75 Å². The average molecular weight is 342 g/mol. The molecule has 0 aromatic heterocycles. The lowest BCUT2D eigenvalue weighted by Gasteiger charge is -2.29. The Morgan fingerprint density at radius 1 is 1.17 bits per heavy atom. The molecular weight excluding hydrogens is 322 g/mol. The number of carbonyl (C=O) groups is 1. The Labute approximate surface area is 147 Å². The van der Waals surface area contributed by atoms with Gasteiger partial charge in [-0.1, -0.05) is 24.3 Å². The highest BCUT2D eigenvalue weighted by Gasteiger charge is 2.42. The van der Waals surface area contributed by atoms with E-state index >= 15 is 0 Å². The van der Waals surface area contributed by atoms with Crippen molar-refractivity contribution in [2.45, 2.75) is 30.7 Å². The Bertz CT molecular complexity index is 781. The molecule has 1 fully saturated rings. The fourth-order valence-electron chi connectivity index (χ4n) is 3.32. The molecule has 0 atom stereocenters. The maximum atomic E-state index is 12.8. The maximum absolute atomic E-state index is 12.8. The van der Waals surface area contributed by atoms with Gasteiger partial charge in [0.2, 0.25) is 0 Å². The van der Waals surface area contributed by atoms with E-state index in [9.17, 15) is 4.79 Å². The monoisotopic (exact) mass is 341 g/mol. The molecule has 2 aromatic carbocycles. The van der Waals surface area contributed by atoms with Gasteiger partial charge in [-0.3, -0.25) is 4.79 Å². The van der Waals surface area contributed by atoms with Gasteiger partial charge in [0.05, 0.1) is 12.0 Å². The molecule has 2 aliphatic rings. The first-order valence-electron chi connectivity index (χ1n) is 8.34. The summed E-state index contributed by atoms with van der Waals surface area (Å²) < 4.78 is 5.18. The van der Waals surface area contributed by atoms with E-state index in [1.54, 1.807) is 7.11 Å². The summed E-state index contributed by atoms with van der Waals surface area (Å²) in [7, 11) is 1.65. The molecule has 3 nitrogen and oxygen atoms in total. The van der Waals surface area contributed by atoms with Crippen LogP contribution >= 0.6 is 11.6 Å². The molecule has 4 rings (SSSR count). The van der Waals surface area contributed by atoms with Crippen LogP contribution in [0.15, 0.2) is 42.5 Å². The van der Waals surface area contributed by atoms with Gasteiger partial charge in [0, 0.05) is 18.7 Å². The standard InChI is InChI=1S/C20H20ClNO2/c1-24-17-5-2-14(3-6-17)13-22-11-8-15-12-16(20(21)9-10-20)4-7-18(15)19(22)23/h2-7,12H,8-11,13H2,1H3. The van der Waals surface area contributed by atoms with Crippen LogP contribution in [-0.4, -0.2) is 24.5 Å². The molecule has 1 heterocycles. The van der Waals surface area contributed by atoms with Crippen LogP contribution in [0.3, 0.4) is 0 Å². The van der Waals surface area contributed by atoms with Gasteiger partial charge in [0.15, 0.2) is 0 Å². The third-order valence-corrected chi connectivity index (χ3v) is 5.61. The molecule has 2 aromatic rings. The van der Waals surface area contributed by atoms with Crippen LogP contribution in [0.25, 0.3) is 0 Å². The Morgan fingerprint density at radius 2 is 1.92 bits per heavy atom. The van der Waals surface area contributed by atoms with Crippen molar-refractivity contribution < 1.29 is 9.53 Å². The summed E-state index contributed by atoms with van der Waals surface area (Å²) in [6, 6.07) is 14.0. The smallest absolute Gasteiger partial charge is 0.254 e. The van der Waals surface area contributed by atoms with Crippen molar-refractivity contribution in [1.29, 1.82) is 0 Å². The van der Waals surface area contributed by atoms with E-state index in [2.05, 4.69) is 6.07 Å². The molecule has 4 heteroatoms. The van der Waals surface area contributed by atoms with Crippen LogP contribution in [-0.2, 0) is 17.8 Å². The predicted molar refractivity (Wildman–Crippen MR) is 94.6 cm³/mol. The first-order chi connectivity index (χ1) is 11.6. The molecule has 1 saturated carbocycles. The lowest BCUT2D eigenvalue weighted by molar-refractivity contribution is 0.0727. The van der Waals surface area contributed by atoms with Gasteiger partial charge in [0.1, 0.15) is 5.75 Å². The highest BCUT2D eigenvalue weighted by Crippen LogP contribution is 2.52. The summed E-state index contributed by atoms with van der Waals surface area (Å²) in [5.41, 5.74) is 4.23. The minimum atomic E-state index is -0.168. The SMILES string of the molecule is COc1ccc(CN2CCc3cc(C4(Cl)CC4)ccc3C2=O)cc1. The minimum Gasteiger partial charge on any atom is -0.497 e. The quantitative estimate of drug-likeness (QED) is 0.783. The summed E-state index contributed by atoms with van der Waals surface area (Å²) in [6.45, 7) is 1.38. The first kappa shape index (κ1) is 15.5. The van der Waals surface area contributed by atoms with Crippen molar-refractivity contribution >= 4 is 17.5 Å². The van der Waals surface area contributed by atoms with Crippen LogP contribution in [0.2, 0.25) is 0 Å². The fraction of sp³-hybridized carbons (Fsp3) is 0.350. The lowest BCUT2D eigenvalue weighted by Crippen LogP contribution is -2.37. The van der Waals surface area contributed by atoms with Gasteiger partial charge >= 0.3 is 0 Å². The molecule has 0 N–H and O–H groups in total. The lowest BCUT2D eigenvalue weighted by atomic mass is 9.94. The Morgan fingerprint density at radius 3 is 2.58 bits per heavy atom. The van der Waals surface area contributed by atoms with E-state index in [1.165, 1.54) is 5.56 Å². The van der Waals surface area contributed by atoms with Gasteiger partial charge in [-0.15, -0.1) is 11.6 Å². The number of hydrogen-bond acceptors (Lipinski definition) is 2. The van der Waals surface area contributed by atoms with Crippen molar-refractivity contribution in [1.82, 2.24) is 4.90 Å². The van der Waals surface area contributed by atoms with E-state index in [0.29, 0.717) is 6.54 Å². The van der Waals surface area contributed by atoms with Gasteiger partial charge < -0.3 is 9.64 Å². The number of methoxy groups -OCH3 is 1. The molecule has 0 bridgehead atoms. The molecule has 0 radical (unpaired) electrons. The number of alkyl halides is 1. The maximum Gasteiger partial charge on any atom is 0.254 e. The number of nitrogens with zero attached hydrogens (tertiary/aromatic N) is 1. The van der Waals surface area contributed by atoms with Gasteiger partial charge in [-0.2, -0.15) is 0 Å². The topological polar surface area (TPSA) is 29.5 Å². The number of hydrogen-bond donors (Lipinski definition) is 0. The van der Waals surface area contributed by atoms with Crippen molar-refractivity contribution in [3.05, 3.63) is 64.7 Å². The molecule has 1 amide bonds. The highest BCUT2D eigenvalue weighted by atomic mass is 35.5. The van der Waals surface area contributed by atoms with E-state index in [1.807, 2.05) is 41.3 Å². The highest BCUT2D eigenvalue weighted by molar-refractivity contribution is 6.25. The van der Waals surface area contributed by atoms with Crippen molar-refractivity contribution in [3.8, 4) is 5.75 Å². The van der Waals surface area contributed by atoms with Crippen molar-refractivity contribution in [2.24, 2.45) is 0 Å². The summed E-state index contributed by atoms with van der Waals surface area (Å²) in [6.07, 6.45) is 2.95. The predicted octanol–water partition coefficient (Wildman–Crippen LogP) is 4.12. The summed E-state index contributed by atoms with van der Waals surface area (Å²) in [5.74, 6) is 0.940. The number of amides is 1. The number of rotatable bonds is 4. The zero-order chi connectivity index (χ0) is 16.7. The zero-order valence-electron chi connectivity index (χ0n) is 13.7. The van der Waals surface area contributed by atoms with Crippen molar-refractivity contribution in [3.63, 3.8) is 0 Å². The Hall–Kier alpha value is -2.00. The number of carbonyl (C=O) groups excluding carboxylic acids is 1. The van der Waals surface area contributed by atoms with Gasteiger partial charge in [-0.05, 0) is 54.2 Å². The Balaban J connectivity index is 1.53. The number of fused-ring (bicyclic) bond motifs is 1. The molecular formula is C20H20ClNO2. The fourth-order valence-corrected chi connectivity index (χ4v) is 3.53. The van der Waals surface area contributed by atoms with E-state index in [-0.39, 0.29) is 10.8 Å². The molecule has 124 valence electrons. The average Bonchev–Trinajstić information content (AvgIpc) is 3.37. The van der Waals surface area contributed by atoms with Crippen molar-refractivity contribution in [2.75, 3.05) is 13.7 Å². The summed E-state index contributed by atoms with van der Waals surface area (Å²) in [4.78, 5) is 14.5. The number of benzene rings is 2.